The number of fused-ring (bicyclic) bond motifs is 10. The van der Waals surface area contributed by atoms with E-state index in [-0.39, 0.29) is 31.9 Å². The van der Waals surface area contributed by atoms with Crippen molar-refractivity contribution in [1.29, 1.82) is 0 Å². The molecule has 0 aliphatic carbocycles. The Kier molecular flexibility index (Phi) is 14.9. The van der Waals surface area contributed by atoms with Crippen LogP contribution in [0.1, 0.15) is 52.7 Å². The summed E-state index contributed by atoms with van der Waals surface area (Å²) < 4.78 is 11.7. The van der Waals surface area contributed by atoms with Gasteiger partial charge in [0.1, 0.15) is 5.82 Å². The van der Waals surface area contributed by atoms with E-state index < -0.39 is 8.07 Å². The summed E-state index contributed by atoms with van der Waals surface area (Å²) in [4.78, 5) is 7.30. The zero-order valence-corrected chi connectivity index (χ0v) is 56.1. The van der Waals surface area contributed by atoms with Crippen molar-refractivity contribution in [2.45, 2.75) is 52.4 Å². The van der Waals surface area contributed by atoms with Crippen LogP contribution in [0.5, 0.6) is 11.5 Å². The third-order valence-corrected chi connectivity index (χ3v) is 23.5. The molecular formula is C86H67N4OPtSi-3. The van der Waals surface area contributed by atoms with E-state index in [9.17, 15) is 0 Å². The number of benzene rings is 12. The molecule has 3 aromatic heterocycles. The van der Waals surface area contributed by atoms with Gasteiger partial charge < -0.3 is 18.8 Å². The maximum absolute atomic E-state index is 6.97. The second-order valence-electron chi connectivity index (χ2n) is 26.4. The number of para-hydroxylation sites is 2. The molecule has 0 amide bonds. The number of hydrogen-bond acceptors (Lipinski definition) is 3. The Morgan fingerprint density at radius 2 is 0.946 bits per heavy atom. The summed E-state index contributed by atoms with van der Waals surface area (Å²) in [6.45, 7) is 16.1. The average Bonchev–Trinajstić information content (AvgIpc) is 1.73. The van der Waals surface area contributed by atoms with Gasteiger partial charge in [0.15, 0.2) is 8.07 Å². The second kappa shape index (κ2) is 23.5. The van der Waals surface area contributed by atoms with Gasteiger partial charge >= 0.3 is 0 Å². The summed E-state index contributed by atoms with van der Waals surface area (Å²) in [6, 6.07) is 113. The van der Waals surface area contributed by atoms with Crippen molar-refractivity contribution in [1.82, 2.24) is 14.1 Å². The molecule has 0 saturated carbocycles. The molecule has 0 radical (unpaired) electrons. The summed E-state index contributed by atoms with van der Waals surface area (Å²) in [5, 5.41) is 14.5. The number of rotatable bonds is 10. The second-order valence-corrected chi connectivity index (χ2v) is 30.2. The van der Waals surface area contributed by atoms with E-state index in [0.717, 1.165) is 93.8 Å². The minimum absolute atomic E-state index is 0. The first kappa shape index (κ1) is 59.1. The van der Waals surface area contributed by atoms with Crippen molar-refractivity contribution in [2.24, 2.45) is 0 Å². The fraction of sp³-hybridized carbons (Fsp3) is 0.0930. The van der Waals surface area contributed by atoms with Crippen molar-refractivity contribution >= 4 is 105 Å². The Balaban J connectivity index is 0.00000716. The van der Waals surface area contributed by atoms with E-state index in [1.807, 2.05) is 18.3 Å². The first-order chi connectivity index (χ1) is 44.9. The Labute approximate surface area is 559 Å². The van der Waals surface area contributed by atoms with Crippen LogP contribution in [0, 0.1) is 18.8 Å². The van der Waals surface area contributed by atoms with Crippen LogP contribution in [0.3, 0.4) is 0 Å². The molecular weight excluding hydrogens is 1330 g/mol. The van der Waals surface area contributed by atoms with Gasteiger partial charge in [0.05, 0.1) is 0 Å². The number of ether oxygens (including phenoxy) is 1. The fourth-order valence-electron chi connectivity index (χ4n) is 14.2. The Bertz CT molecular complexity index is 5340. The van der Waals surface area contributed by atoms with Gasteiger partial charge in [0.25, 0.3) is 0 Å². The minimum atomic E-state index is -3.01. The number of anilines is 2. The monoisotopic (exact) mass is 1390 g/mol. The van der Waals surface area contributed by atoms with Gasteiger partial charge in [-0.05, 0) is 145 Å². The van der Waals surface area contributed by atoms with Crippen LogP contribution in [0.2, 0.25) is 0 Å². The number of aromatic nitrogens is 3. The van der Waals surface area contributed by atoms with Crippen molar-refractivity contribution in [3.05, 3.63) is 321 Å². The van der Waals surface area contributed by atoms with Gasteiger partial charge in [-0.1, -0.05) is 283 Å². The Morgan fingerprint density at radius 3 is 1.57 bits per heavy atom. The van der Waals surface area contributed by atoms with Crippen molar-refractivity contribution in [3.8, 4) is 39.6 Å². The van der Waals surface area contributed by atoms with Gasteiger partial charge in [-0.15, -0.1) is 35.7 Å². The molecule has 15 aromatic rings. The molecule has 7 heteroatoms. The first-order valence-electron chi connectivity index (χ1n) is 31.8. The van der Waals surface area contributed by atoms with Crippen molar-refractivity contribution < 1.29 is 25.8 Å². The molecule has 93 heavy (non-hydrogen) atoms. The largest absolute Gasteiger partial charge is 0.509 e. The van der Waals surface area contributed by atoms with Crippen LogP contribution in [0.15, 0.2) is 291 Å². The zero-order valence-electron chi connectivity index (χ0n) is 52.8. The first-order valence-corrected chi connectivity index (χ1v) is 33.8. The van der Waals surface area contributed by atoms with Gasteiger partial charge in [-0.25, -0.2) is 4.98 Å². The topological polar surface area (TPSA) is 35.2 Å². The molecule has 0 N–H and O–H groups in total. The van der Waals surface area contributed by atoms with Crippen molar-refractivity contribution in [3.63, 3.8) is 0 Å². The molecule has 1 aliphatic heterocycles. The van der Waals surface area contributed by atoms with E-state index in [1.54, 1.807) is 0 Å². The SMILES string of the molecule is CC(C)(C)c1cc(-c2cccc3c4ccccc4c4ccccc4c4cccc5c4n(c23)[CH-]N5c2[c-]c(Oc3[c-]c4c(cc3)c3cc(-c5ccccc5)ccc3n4-c3cc(C(C)(C)C)ccn3)ccc2)cc([Si](c2ccccc2)(c2ccccc2)c2ccccc2)c1.[Pt]. The molecule has 1 aliphatic rings. The maximum Gasteiger partial charge on any atom is 0.179 e. The maximum atomic E-state index is 6.97. The molecule has 4 heterocycles. The van der Waals surface area contributed by atoms with Gasteiger partial charge in [0.2, 0.25) is 0 Å². The molecule has 454 valence electrons. The van der Waals surface area contributed by atoms with Crippen LogP contribution in [-0.4, -0.2) is 22.2 Å². The fourth-order valence-corrected chi connectivity index (χ4v) is 19.1. The van der Waals surface area contributed by atoms with Gasteiger partial charge in [-0.2, -0.15) is 12.1 Å². The summed E-state index contributed by atoms with van der Waals surface area (Å²) in [6.07, 6.45) is 1.92. The molecule has 16 rings (SSSR count). The third-order valence-electron chi connectivity index (χ3n) is 18.7. The molecule has 0 atom stereocenters. The van der Waals surface area contributed by atoms with Crippen LogP contribution in [-0.2, 0) is 31.9 Å². The Morgan fingerprint density at radius 1 is 0.398 bits per heavy atom. The predicted octanol–water partition coefficient (Wildman–Crippen LogP) is 19.5. The number of hydrogen-bond donors (Lipinski definition) is 0. The quantitative estimate of drug-likeness (QED) is 0.0778. The summed E-state index contributed by atoms with van der Waals surface area (Å²) in [7, 11) is -3.01. The normalized spacial score (nSPS) is 12.4. The Hall–Kier alpha value is -10.2. The molecule has 0 unspecified atom stereocenters. The molecule has 5 nitrogen and oxygen atoms in total. The average molecular weight is 1400 g/mol. The third kappa shape index (κ3) is 10.2. The van der Waals surface area contributed by atoms with Crippen LogP contribution < -0.4 is 30.4 Å². The van der Waals surface area contributed by atoms with Gasteiger partial charge in [0, 0.05) is 50.0 Å². The molecule has 0 bridgehead atoms. The summed E-state index contributed by atoms with van der Waals surface area (Å²) in [5.41, 5.74) is 12.8. The predicted molar refractivity (Wildman–Crippen MR) is 389 cm³/mol. The summed E-state index contributed by atoms with van der Waals surface area (Å²) >= 11 is 0. The van der Waals surface area contributed by atoms with Gasteiger partial charge in [-0.3, -0.25) is 0 Å². The molecule has 0 saturated heterocycles. The standard InChI is InChI=1S/C86H67N4OSi.Pt/c1-85(2,3)61-48-49-87-82(54-61)90-79-47-44-59(58-26-11-7-12-27-58)52-78(79)75-46-45-65(56-81(75)90)91-64-29-23-28-63(55-64)88-57-89-83-70(40-24-41-76(83)73-38-21-19-36-71(73)72-37-20-22-39-74(72)77-42-25-43-80(88)84(77)89)60-50-62(86(4,5)6)53-69(51-60)92(66-30-13-8-14-31-66,67-32-15-9-16-33-67)68-34-17-10-18-35-68;/h7-54,57H,1-6H3;/q-3;. The molecule has 0 fully saturated rings. The van der Waals surface area contributed by atoms with E-state index in [0.29, 0.717) is 11.5 Å². The van der Waals surface area contributed by atoms with E-state index in [1.165, 1.54) is 42.6 Å². The van der Waals surface area contributed by atoms with Crippen molar-refractivity contribution in [2.75, 3.05) is 4.90 Å². The van der Waals surface area contributed by atoms with Crippen LogP contribution in [0.25, 0.3) is 93.2 Å². The van der Waals surface area contributed by atoms with E-state index >= 15 is 0 Å². The zero-order chi connectivity index (χ0) is 62.3. The minimum Gasteiger partial charge on any atom is -0.509 e. The molecule has 0 spiro atoms. The van der Waals surface area contributed by atoms with E-state index in [2.05, 4.69) is 347 Å². The molecule has 12 aromatic carbocycles. The summed E-state index contributed by atoms with van der Waals surface area (Å²) in [5.74, 6) is 1.98. The smallest absolute Gasteiger partial charge is 0.179 e. The van der Waals surface area contributed by atoms with Crippen LogP contribution >= 0.6 is 0 Å². The van der Waals surface area contributed by atoms with Crippen LogP contribution in [0.4, 0.5) is 11.4 Å². The number of nitrogens with zero attached hydrogens (tertiary/aromatic N) is 4. The van der Waals surface area contributed by atoms with E-state index in [4.69, 9.17) is 9.72 Å². The number of pyridine rings is 1.